The summed E-state index contributed by atoms with van der Waals surface area (Å²) in [5.74, 6) is -0.216. The molecular weight excluding hydrogens is 267 g/mol. The van der Waals surface area contributed by atoms with Crippen LogP contribution in [-0.2, 0) is 4.74 Å². The lowest BCUT2D eigenvalue weighted by molar-refractivity contribution is -0.184. The van der Waals surface area contributed by atoms with Crippen LogP contribution in [0.1, 0.15) is 45.4 Å². The van der Waals surface area contributed by atoms with Crippen molar-refractivity contribution in [3.63, 3.8) is 0 Å². The summed E-state index contributed by atoms with van der Waals surface area (Å²) in [7, 11) is 0. The van der Waals surface area contributed by atoms with E-state index >= 15 is 0 Å². The third kappa shape index (κ3) is 4.10. The Balaban J connectivity index is 1.90. The van der Waals surface area contributed by atoms with Gasteiger partial charge in [0.1, 0.15) is 0 Å². The van der Waals surface area contributed by atoms with Crippen molar-refractivity contribution in [2.75, 3.05) is 19.8 Å². The van der Waals surface area contributed by atoms with Crippen molar-refractivity contribution in [2.45, 2.75) is 57.7 Å². The highest BCUT2D eigenvalue weighted by molar-refractivity contribution is 4.89. The number of hydrogen-bond donors (Lipinski definition) is 1. The molecule has 1 aliphatic heterocycles. The fourth-order valence-electron chi connectivity index (χ4n) is 3.67. The van der Waals surface area contributed by atoms with E-state index in [0.717, 1.165) is 32.6 Å². The Morgan fingerprint density at radius 3 is 2.30 bits per heavy atom. The van der Waals surface area contributed by atoms with E-state index in [-0.39, 0.29) is 0 Å². The van der Waals surface area contributed by atoms with Crippen molar-refractivity contribution >= 4 is 0 Å². The highest BCUT2D eigenvalue weighted by Crippen LogP contribution is 2.41. The third-order valence-electron chi connectivity index (χ3n) is 4.85. The number of alkyl halides is 3. The topological polar surface area (TPSA) is 21.3 Å². The van der Waals surface area contributed by atoms with E-state index in [0.29, 0.717) is 43.6 Å². The molecule has 0 radical (unpaired) electrons. The van der Waals surface area contributed by atoms with Crippen LogP contribution < -0.4 is 5.32 Å². The quantitative estimate of drug-likeness (QED) is 0.833. The second-order valence-corrected chi connectivity index (χ2v) is 6.26. The molecule has 0 bridgehead atoms. The van der Waals surface area contributed by atoms with Crippen LogP contribution in [0.5, 0.6) is 0 Å². The van der Waals surface area contributed by atoms with E-state index in [1.165, 1.54) is 0 Å². The summed E-state index contributed by atoms with van der Waals surface area (Å²) in [6, 6.07) is 0.339. The monoisotopic (exact) mass is 293 g/mol. The number of ether oxygens (including phenoxy) is 1. The van der Waals surface area contributed by atoms with Gasteiger partial charge in [0.25, 0.3) is 0 Å². The lowest BCUT2D eigenvalue weighted by Gasteiger charge is -2.37. The molecule has 2 aliphatic rings. The van der Waals surface area contributed by atoms with Crippen molar-refractivity contribution in [3.8, 4) is 0 Å². The largest absolute Gasteiger partial charge is 0.391 e. The highest BCUT2D eigenvalue weighted by Gasteiger charge is 2.43. The first-order valence-electron chi connectivity index (χ1n) is 7.90. The lowest BCUT2D eigenvalue weighted by Crippen LogP contribution is -2.45. The molecule has 1 saturated heterocycles. The Bertz CT molecular complexity index is 281. The van der Waals surface area contributed by atoms with E-state index in [4.69, 9.17) is 4.74 Å². The molecule has 2 unspecified atom stereocenters. The van der Waals surface area contributed by atoms with Gasteiger partial charge in [-0.3, -0.25) is 0 Å². The molecule has 2 nitrogen and oxygen atoms in total. The van der Waals surface area contributed by atoms with Gasteiger partial charge < -0.3 is 10.1 Å². The predicted molar refractivity (Wildman–Crippen MR) is 72.5 cm³/mol. The van der Waals surface area contributed by atoms with Gasteiger partial charge in [-0.1, -0.05) is 6.92 Å². The van der Waals surface area contributed by atoms with Crippen LogP contribution in [0.15, 0.2) is 0 Å². The van der Waals surface area contributed by atoms with Crippen molar-refractivity contribution in [3.05, 3.63) is 0 Å². The molecule has 0 amide bonds. The molecule has 1 saturated carbocycles. The summed E-state index contributed by atoms with van der Waals surface area (Å²) in [5, 5.41) is 3.57. The number of rotatable bonds is 5. The van der Waals surface area contributed by atoms with Gasteiger partial charge in [0.2, 0.25) is 0 Å². The molecule has 118 valence electrons. The van der Waals surface area contributed by atoms with Gasteiger partial charge >= 0.3 is 6.18 Å². The summed E-state index contributed by atoms with van der Waals surface area (Å²) in [4.78, 5) is 0. The van der Waals surface area contributed by atoms with E-state index in [9.17, 15) is 13.2 Å². The average molecular weight is 293 g/mol. The molecule has 2 rings (SSSR count). The Hall–Kier alpha value is -0.290. The maximum absolute atomic E-state index is 12.7. The lowest BCUT2D eigenvalue weighted by atomic mass is 9.74. The van der Waals surface area contributed by atoms with Gasteiger partial charge in [0.15, 0.2) is 0 Å². The second kappa shape index (κ2) is 7.12. The molecule has 2 fully saturated rings. The van der Waals surface area contributed by atoms with Crippen molar-refractivity contribution < 1.29 is 17.9 Å². The molecule has 0 aromatic carbocycles. The number of hydrogen-bond acceptors (Lipinski definition) is 2. The molecule has 1 heterocycles. The van der Waals surface area contributed by atoms with Crippen molar-refractivity contribution in [1.29, 1.82) is 0 Å². The first-order valence-corrected chi connectivity index (χ1v) is 7.90. The zero-order valence-corrected chi connectivity index (χ0v) is 12.2. The molecular formula is C15H26F3NO. The molecule has 5 heteroatoms. The molecule has 20 heavy (non-hydrogen) atoms. The molecule has 0 spiro atoms. The number of nitrogens with one attached hydrogen (secondary N) is 1. The van der Waals surface area contributed by atoms with Gasteiger partial charge in [-0.05, 0) is 51.0 Å². The summed E-state index contributed by atoms with van der Waals surface area (Å²) < 4.78 is 43.7. The second-order valence-electron chi connectivity index (χ2n) is 6.26. The van der Waals surface area contributed by atoms with Crippen LogP contribution in [0, 0.1) is 17.8 Å². The molecule has 1 N–H and O–H groups in total. The minimum absolute atomic E-state index is 0.298. The van der Waals surface area contributed by atoms with Gasteiger partial charge in [-0.2, -0.15) is 13.2 Å². The average Bonchev–Trinajstić information content (AvgIpc) is 2.93. The first kappa shape index (κ1) is 16.1. The Morgan fingerprint density at radius 1 is 1.10 bits per heavy atom. The van der Waals surface area contributed by atoms with Crippen LogP contribution in [-0.4, -0.2) is 32.0 Å². The molecule has 0 aromatic heterocycles. The summed E-state index contributed by atoms with van der Waals surface area (Å²) >= 11 is 0. The van der Waals surface area contributed by atoms with Gasteiger partial charge in [0.05, 0.1) is 12.5 Å². The Kier molecular flexibility index (Phi) is 5.73. The third-order valence-corrected chi connectivity index (χ3v) is 4.85. The SMILES string of the molecule is CCCNC(C1CCC(C(F)(F)F)CC1)C1CCOC1. The molecule has 1 aliphatic carbocycles. The van der Waals surface area contributed by atoms with Gasteiger partial charge in [0, 0.05) is 18.6 Å². The van der Waals surface area contributed by atoms with Crippen LogP contribution in [0.2, 0.25) is 0 Å². The predicted octanol–water partition coefficient (Wildman–Crippen LogP) is 3.76. The fourth-order valence-corrected chi connectivity index (χ4v) is 3.67. The first-order chi connectivity index (χ1) is 9.52. The zero-order chi connectivity index (χ0) is 14.6. The fraction of sp³-hybridized carbons (Fsp3) is 1.00. The van der Waals surface area contributed by atoms with Gasteiger partial charge in [-0.25, -0.2) is 0 Å². The Labute approximate surface area is 119 Å². The molecule has 2 atom stereocenters. The maximum atomic E-state index is 12.7. The van der Waals surface area contributed by atoms with E-state index < -0.39 is 12.1 Å². The zero-order valence-electron chi connectivity index (χ0n) is 12.2. The summed E-state index contributed by atoms with van der Waals surface area (Å²) in [5.41, 5.74) is 0. The van der Waals surface area contributed by atoms with Crippen molar-refractivity contribution in [2.24, 2.45) is 17.8 Å². The summed E-state index contributed by atoms with van der Waals surface area (Å²) in [6.45, 7) is 4.63. The van der Waals surface area contributed by atoms with E-state index in [1.54, 1.807) is 0 Å². The summed E-state index contributed by atoms with van der Waals surface area (Å²) in [6.07, 6.45) is 0.0819. The minimum atomic E-state index is -4.01. The van der Waals surface area contributed by atoms with Crippen LogP contribution in [0.4, 0.5) is 13.2 Å². The highest BCUT2D eigenvalue weighted by atomic mass is 19.4. The van der Waals surface area contributed by atoms with Gasteiger partial charge in [-0.15, -0.1) is 0 Å². The standard InChI is InChI=1S/C15H26F3NO/c1-2-8-19-14(12-7-9-20-10-12)11-3-5-13(6-4-11)15(16,17)18/h11-14,19H,2-10H2,1H3. The normalized spacial score (nSPS) is 33.3. The van der Waals surface area contributed by atoms with E-state index in [2.05, 4.69) is 12.2 Å². The molecule has 0 aromatic rings. The Morgan fingerprint density at radius 2 is 1.80 bits per heavy atom. The minimum Gasteiger partial charge on any atom is -0.381 e. The number of halogens is 3. The van der Waals surface area contributed by atoms with Crippen LogP contribution in [0.25, 0.3) is 0 Å². The van der Waals surface area contributed by atoms with Crippen LogP contribution in [0.3, 0.4) is 0 Å². The van der Waals surface area contributed by atoms with E-state index in [1.807, 2.05) is 0 Å². The van der Waals surface area contributed by atoms with Crippen molar-refractivity contribution in [1.82, 2.24) is 5.32 Å². The maximum Gasteiger partial charge on any atom is 0.391 e. The van der Waals surface area contributed by atoms with Crippen LogP contribution >= 0.6 is 0 Å². The smallest absolute Gasteiger partial charge is 0.381 e.